The zero-order chi connectivity index (χ0) is 57.3. The second-order valence-corrected chi connectivity index (χ2v) is 23.5. The molecule has 0 bridgehead atoms. The average molecular weight is 1120 g/mol. The SMILES string of the molecule is CCCCCCCCC/C=C/C(O)C(COC1OC(CO)C(O)C(O)C1O)NC(=O)CCCCCCCCC/C=C\C/C=C\CCCCCCCCCCCOC(=O)CCCCCCCCCCCCCCCCCCCCC. The summed E-state index contributed by atoms with van der Waals surface area (Å²) in [5, 5.41) is 54.2. The van der Waals surface area contributed by atoms with Crippen molar-refractivity contribution in [2.24, 2.45) is 0 Å². The highest BCUT2D eigenvalue weighted by molar-refractivity contribution is 5.76. The van der Waals surface area contributed by atoms with Gasteiger partial charge in [0.1, 0.15) is 24.4 Å². The van der Waals surface area contributed by atoms with Crippen LogP contribution in [0, 0.1) is 0 Å². The van der Waals surface area contributed by atoms with Crippen molar-refractivity contribution in [1.82, 2.24) is 5.32 Å². The largest absolute Gasteiger partial charge is 0.466 e. The zero-order valence-corrected chi connectivity index (χ0v) is 51.3. The second kappa shape index (κ2) is 57.7. The molecule has 464 valence electrons. The van der Waals surface area contributed by atoms with Crippen LogP contribution in [0.25, 0.3) is 0 Å². The third kappa shape index (κ3) is 47.0. The van der Waals surface area contributed by atoms with Gasteiger partial charge in [0.05, 0.1) is 32.0 Å². The first-order valence-electron chi connectivity index (χ1n) is 33.8. The van der Waals surface area contributed by atoms with Crippen molar-refractivity contribution in [3.63, 3.8) is 0 Å². The molecule has 1 aliphatic rings. The third-order valence-electron chi connectivity index (χ3n) is 16.0. The molecule has 7 unspecified atom stereocenters. The molecule has 7 atom stereocenters. The van der Waals surface area contributed by atoms with Gasteiger partial charge in [0.15, 0.2) is 6.29 Å². The standard InChI is InChI=1S/C68H127NO10/c1-3-5-7-9-11-13-14-15-16-17-23-27-30-33-36-40-44-48-52-56-64(73)77-57-53-49-45-41-37-34-31-28-25-22-20-18-19-21-24-26-29-32-35-39-43-47-51-55-63(72)69-60(61(71)54-50-46-42-38-12-10-8-6-4-2)59-78-68-67(76)66(75)65(74)62(58-70)79-68/h18,20-21,24,50,54,60-62,65-68,70-71,74-76H,3-17,19,22-23,25-49,51-53,55-59H2,1-2H3,(H,69,72)/b20-18-,24-21-,54-50+. The molecule has 11 nitrogen and oxygen atoms in total. The van der Waals surface area contributed by atoms with Gasteiger partial charge < -0.3 is 45.1 Å². The van der Waals surface area contributed by atoms with E-state index in [2.05, 4.69) is 43.5 Å². The summed E-state index contributed by atoms with van der Waals surface area (Å²) in [6.07, 6.45) is 62.8. The van der Waals surface area contributed by atoms with E-state index in [0.29, 0.717) is 19.4 Å². The Kier molecular flexibility index (Phi) is 54.7. The van der Waals surface area contributed by atoms with E-state index in [1.54, 1.807) is 6.08 Å². The van der Waals surface area contributed by atoms with Gasteiger partial charge in [-0.2, -0.15) is 0 Å². The maximum absolute atomic E-state index is 13.0. The van der Waals surface area contributed by atoms with Gasteiger partial charge in [-0.05, 0) is 64.2 Å². The number of carbonyl (C=O) groups excluding carboxylic acids is 2. The van der Waals surface area contributed by atoms with E-state index in [0.717, 1.165) is 83.5 Å². The summed E-state index contributed by atoms with van der Waals surface area (Å²) in [4.78, 5) is 25.1. The Morgan fingerprint density at radius 3 is 1.28 bits per heavy atom. The van der Waals surface area contributed by atoms with Crippen molar-refractivity contribution in [3.8, 4) is 0 Å². The first-order chi connectivity index (χ1) is 38.7. The highest BCUT2D eigenvalue weighted by Crippen LogP contribution is 2.23. The average Bonchev–Trinajstić information content (AvgIpc) is 3.46. The Bertz CT molecular complexity index is 1410. The molecule has 1 aliphatic heterocycles. The molecule has 1 heterocycles. The fourth-order valence-corrected chi connectivity index (χ4v) is 10.6. The summed E-state index contributed by atoms with van der Waals surface area (Å²) in [5.74, 6) is -0.194. The Labute approximate surface area is 485 Å². The summed E-state index contributed by atoms with van der Waals surface area (Å²) in [6, 6.07) is -0.816. The molecule has 0 radical (unpaired) electrons. The predicted octanol–water partition coefficient (Wildman–Crippen LogP) is 16.6. The van der Waals surface area contributed by atoms with Crippen LogP contribution in [0.1, 0.15) is 322 Å². The van der Waals surface area contributed by atoms with Gasteiger partial charge in [0, 0.05) is 12.8 Å². The van der Waals surface area contributed by atoms with E-state index in [4.69, 9.17) is 14.2 Å². The Morgan fingerprint density at radius 1 is 0.468 bits per heavy atom. The van der Waals surface area contributed by atoms with E-state index in [1.165, 1.54) is 212 Å². The van der Waals surface area contributed by atoms with Gasteiger partial charge >= 0.3 is 5.97 Å². The molecule has 1 fully saturated rings. The van der Waals surface area contributed by atoms with E-state index in [9.17, 15) is 35.1 Å². The number of carbonyl (C=O) groups is 2. The van der Waals surface area contributed by atoms with Crippen molar-refractivity contribution in [2.45, 2.75) is 365 Å². The fraction of sp³-hybridized carbons (Fsp3) is 0.882. The Hall–Kier alpha value is -2.12. The minimum absolute atomic E-state index is 0.000167. The number of aliphatic hydroxyl groups is 5. The van der Waals surface area contributed by atoms with Crippen LogP contribution in [0.5, 0.6) is 0 Å². The molecule has 0 saturated carbocycles. The molecule has 0 aromatic rings. The van der Waals surface area contributed by atoms with Crippen LogP contribution in [0.15, 0.2) is 36.5 Å². The van der Waals surface area contributed by atoms with Crippen molar-refractivity contribution >= 4 is 11.9 Å². The number of amides is 1. The lowest BCUT2D eigenvalue weighted by atomic mass is 9.99. The van der Waals surface area contributed by atoms with E-state index in [1.807, 2.05) is 6.08 Å². The lowest BCUT2D eigenvalue weighted by molar-refractivity contribution is -0.302. The van der Waals surface area contributed by atoms with Crippen LogP contribution in [0.3, 0.4) is 0 Å². The normalized spacial score (nSPS) is 18.6. The molecule has 1 saturated heterocycles. The monoisotopic (exact) mass is 1120 g/mol. The number of allylic oxidation sites excluding steroid dienone is 5. The molecule has 0 aromatic heterocycles. The molecule has 11 heteroatoms. The number of rotatable bonds is 59. The maximum atomic E-state index is 13.0. The summed E-state index contributed by atoms with van der Waals surface area (Å²) in [7, 11) is 0. The number of hydrogen-bond acceptors (Lipinski definition) is 10. The number of unbranched alkanes of at least 4 members (excludes halogenated alkanes) is 41. The summed E-state index contributed by atoms with van der Waals surface area (Å²) >= 11 is 0. The highest BCUT2D eigenvalue weighted by Gasteiger charge is 2.44. The van der Waals surface area contributed by atoms with Crippen LogP contribution in [-0.2, 0) is 23.8 Å². The van der Waals surface area contributed by atoms with Crippen LogP contribution in [0.4, 0.5) is 0 Å². The van der Waals surface area contributed by atoms with Crippen LogP contribution in [0.2, 0.25) is 0 Å². The Balaban J connectivity index is 1.96. The minimum atomic E-state index is -1.57. The zero-order valence-electron chi connectivity index (χ0n) is 51.3. The lowest BCUT2D eigenvalue weighted by Crippen LogP contribution is -2.60. The first kappa shape index (κ1) is 74.9. The number of esters is 1. The molecule has 1 amide bonds. The lowest BCUT2D eigenvalue weighted by Gasteiger charge is -2.40. The summed E-state index contributed by atoms with van der Waals surface area (Å²) < 4.78 is 16.7. The van der Waals surface area contributed by atoms with Gasteiger partial charge in [0.2, 0.25) is 5.91 Å². The third-order valence-corrected chi connectivity index (χ3v) is 16.0. The van der Waals surface area contributed by atoms with Crippen LogP contribution in [-0.4, -0.2) is 100 Å². The molecule has 6 N–H and O–H groups in total. The quantitative estimate of drug-likeness (QED) is 0.0195. The smallest absolute Gasteiger partial charge is 0.305 e. The molecule has 0 spiro atoms. The van der Waals surface area contributed by atoms with Crippen LogP contribution >= 0.6 is 0 Å². The predicted molar refractivity (Wildman–Crippen MR) is 329 cm³/mol. The molecule has 79 heavy (non-hydrogen) atoms. The molecular formula is C68H127NO10. The number of aliphatic hydroxyl groups excluding tert-OH is 5. The minimum Gasteiger partial charge on any atom is -0.466 e. The van der Waals surface area contributed by atoms with Gasteiger partial charge in [-0.15, -0.1) is 0 Å². The van der Waals surface area contributed by atoms with E-state index in [-0.39, 0.29) is 18.5 Å². The van der Waals surface area contributed by atoms with Gasteiger partial charge in [0.25, 0.3) is 0 Å². The van der Waals surface area contributed by atoms with E-state index < -0.39 is 49.5 Å². The summed E-state index contributed by atoms with van der Waals surface area (Å²) in [5.41, 5.74) is 0. The van der Waals surface area contributed by atoms with Gasteiger partial charge in [-0.1, -0.05) is 281 Å². The Morgan fingerprint density at radius 2 is 0.848 bits per heavy atom. The topological polar surface area (TPSA) is 175 Å². The molecular weight excluding hydrogens is 991 g/mol. The molecule has 1 rings (SSSR count). The van der Waals surface area contributed by atoms with E-state index >= 15 is 0 Å². The number of hydrogen-bond donors (Lipinski definition) is 6. The maximum Gasteiger partial charge on any atom is 0.305 e. The second-order valence-electron chi connectivity index (χ2n) is 23.5. The van der Waals surface area contributed by atoms with Gasteiger partial charge in [-0.25, -0.2) is 0 Å². The van der Waals surface area contributed by atoms with Crippen LogP contribution < -0.4 is 5.32 Å². The first-order valence-corrected chi connectivity index (χ1v) is 33.8. The van der Waals surface area contributed by atoms with Gasteiger partial charge in [-0.3, -0.25) is 9.59 Å². The highest BCUT2D eigenvalue weighted by atomic mass is 16.7. The number of nitrogens with one attached hydrogen (secondary N) is 1. The molecule has 0 aliphatic carbocycles. The number of ether oxygens (including phenoxy) is 3. The molecule has 0 aromatic carbocycles. The van der Waals surface area contributed by atoms with Crippen molar-refractivity contribution < 1.29 is 49.3 Å². The van der Waals surface area contributed by atoms with Crippen molar-refractivity contribution in [3.05, 3.63) is 36.5 Å². The van der Waals surface area contributed by atoms with Crippen molar-refractivity contribution in [2.75, 3.05) is 19.8 Å². The fourth-order valence-electron chi connectivity index (χ4n) is 10.6. The van der Waals surface area contributed by atoms with Crippen molar-refractivity contribution in [1.29, 1.82) is 0 Å². The summed E-state index contributed by atoms with van der Waals surface area (Å²) in [6.45, 7) is 4.32.